The van der Waals surface area contributed by atoms with Crippen molar-refractivity contribution in [1.29, 1.82) is 0 Å². The summed E-state index contributed by atoms with van der Waals surface area (Å²) in [4.78, 5) is 31.2. The zero-order valence-corrected chi connectivity index (χ0v) is 18.3. The number of nitrogens with zero attached hydrogens (tertiary/aromatic N) is 4. The van der Waals surface area contributed by atoms with E-state index in [4.69, 9.17) is 16.5 Å². The number of carbonyl (C=O) groups excluding carboxylic acids is 1. The maximum absolute atomic E-state index is 12.8. The number of aromatic nitrogens is 3. The number of pyridine rings is 1. The second kappa shape index (κ2) is 6.80. The number of para-hydroxylation sites is 1. The van der Waals surface area contributed by atoms with E-state index in [2.05, 4.69) is 22.8 Å². The normalized spacial score (nSPS) is 26.8. The van der Waals surface area contributed by atoms with Crippen molar-refractivity contribution < 1.29 is 4.79 Å². The van der Waals surface area contributed by atoms with E-state index >= 15 is 0 Å². The molecule has 0 bridgehead atoms. The molecular formula is C27H24N4O. The van der Waals surface area contributed by atoms with Gasteiger partial charge in [0.25, 0.3) is 0 Å². The summed E-state index contributed by atoms with van der Waals surface area (Å²) in [5, 5.41) is 1.04. The predicted molar refractivity (Wildman–Crippen MR) is 123 cm³/mol. The fourth-order valence-corrected chi connectivity index (χ4v) is 5.88. The second-order valence-corrected chi connectivity index (χ2v) is 9.63. The van der Waals surface area contributed by atoms with Crippen molar-refractivity contribution in [3.63, 3.8) is 0 Å². The molecule has 0 aliphatic heterocycles. The van der Waals surface area contributed by atoms with E-state index in [9.17, 15) is 4.79 Å². The molecule has 1 aromatic carbocycles. The molecule has 0 unspecified atom stereocenters. The van der Waals surface area contributed by atoms with Crippen molar-refractivity contribution in [3.05, 3.63) is 76.7 Å². The van der Waals surface area contributed by atoms with Crippen LogP contribution in [-0.2, 0) is 16.6 Å². The number of benzene rings is 1. The number of rotatable bonds is 2. The highest BCUT2D eigenvalue weighted by Gasteiger charge is 2.50. The SMILES string of the molecule is [C-]#[N+]C1=C[C@@]2(C)c3nc(-c4ccnc5ccccc45)nc(C4CC4)c3CC[C@@H]2[C@@H](C)C1=O. The molecule has 3 atom stereocenters. The van der Waals surface area contributed by atoms with Gasteiger partial charge in [-0.2, -0.15) is 0 Å². The first-order valence-electron chi connectivity index (χ1n) is 11.4. The van der Waals surface area contributed by atoms with Crippen molar-refractivity contribution >= 4 is 16.7 Å². The van der Waals surface area contributed by atoms with Crippen molar-refractivity contribution in [1.82, 2.24) is 15.0 Å². The summed E-state index contributed by atoms with van der Waals surface area (Å²) in [5.74, 6) is 1.17. The quantitative estimate of drug-likeness (QED) is 0.520. The largest absolute Gasteiger partial charge is 0.308 e. The molecule has 3 aliphatic rings. The molecule has 0 radical (unpaired) electrons. The van der Waals surface area contributed by atoms with Gasteiger partial charge in [0.05, 0.1) is 23.5 Å². The first-order chi connectivity index (χ1) is 15.5. The van der Waals surface area contributed by atoms with E-state index in [1.54, 1.807) is 0 Å². The number of allylic oxidation sites excluding steroid dienone is 2. The zero-order valence-electron chi connectivity index (χ0n) is 18.3. The zero-order chi connectivity index (χ0) is 22.0. The van der Waals surface area contributed by atoms with Crippen LogP contribution in [0, 0.1) is 18.4 Å². The van der Waals surface area contributed by atoms with Crippen LogP contribution >= 0.6 is 0 Å². The molecule has 3 aromatic rings. The number of hydrogen-bond acceptors (Lipinski definition) is 4. The molecule has 6 rings (SSSR count). The Morgan fingerprint density at radius 1 is 1.12 bits per heavy atom. The van der Waals surface area contributed by atoms with Crippen LogP contribution in [0.15, 0.2) is 48.3 Å². The van der Waals surface area contributed by atoms with Gasteiger partial charge in [0.1, 0.15) is 0 Å². The summed E-state index contributed by atoms with van der Waals surface area (Å²) >= 11 is 0. The average Bonchev–Trinajstić information content (AvgIpc) is 3.66. The Kier molecular flexibility index (Phi) is 4.10. The van der Waals surface area contributed by atoms with Gasteiger partial charge in [-0.3, -0.25) is 4.98 Å². The fraction of sp³-hybridized carbons (Fsp3) is 0.370. The first-order valence-corrected chi connectivity index (χ1v) is 11.4. The van der Waals surface area contributed by atoms with E-state index in [0.717, 1.165) is 53.7 Å². The Hall–Kier alpha value is -3.39. The third kappa shape index (κ3) is 2.69. The van der Waals surface area contributed by atoms with Gasteiger partial charge in [-0.15, -0.1) is 0 Å². The lowest BCUT2D eigenvalue weighted by Gasteiger charge is -2.46. The summed E-state index contributed by atoms with van der Waals surface area (Å²) < 4.78 is 0. The Morgan fingerprint density at radius 2 is 1.94 bits per heavy atom. The minimum atomic E-state index is -0.440. The molecule has 0 saturated heterocycles. The molecule has 0 amide bonds. The smallest absolute Gasteiger partial charge is 0.226 e. The summed E-state index contributed by atoms with van der Waals surface area (Å²) in [6.07, 6.45) is 7.88. The Morgan fingerprint density at radius 3 is 2.72 bits per heavy atom. The molecule has 0 spiro atoms. The average molecular weight is 421 g/mol. The van der Waals surface area contributed by atoms with Gasteiger partial charge in [0.2, 0.25) is 5.70 Å². The van der Waals surface area contributed by atoms with Gasteiger partial charge in [-0.05, 0) is 49.3 Å². The molecule has 0 N–H and O–H groups in total. The second-order valence-electron chi connectivity index (χ2n) is 9.63. The van der Waals surface area contributed by atoms with E-state index in [-0.39, 0.29) is 23.3 Å². The lowest BCUT2D eigenvalue weighted by atomic mass is 9.58. The fourth-order valence-electron chi connectivity index (χ4n) is 5.88. The van der Waals surface area contributed by atoms with Crippen LogP contribution in [0.4, 0.5) is 0 Å². The number of hydrogen-bond donors (Lipinski definition) is 0. The van der Waals surface area contributed by atoms with Crippen LogP contribution in [-0.4, -0.2) is 20.7 Å². The van der Waals surface area contributed by atoms with Crippen molar-refractivity contribution in [2.45, 2.75) is 50.9 Å². The van der Waals surface area contributed by atoms with Gasteiger partial charge in [0.15, 0.2) is 11.6 Å². The maximum atomic E-state index is 12.8. The molecule has 2 heterocycles. The number of carbonyl (C=O) groups is 1. The number of Topliss-reactive ketones (excluding diaryl/α,β-unsaturated/α-hetero) is 1. The van der Waals surface area contributed by atoms with E-state index in [1.165, 1.54) is 11.3 Å². The van der Waals surface area contributed by atoms with Crippen molar-refractivity contribution in [2.75, 3.05) is 0 Å². The van der Waals surface area contributed by atoms with Gasteiger partial charge in [-0.1, -0.05) is 38.1 Å². The van der Waals surface area contributed by atoms with Gasteiger partial charge in [0, 0.05) is 34.4 Å². The van der Waals surface area contributed by atoms with Crippen LogP contribution in [0.5, 0.6) is 0 Å². The summed E-state index contributed by atoms with van der Waals surface area (Å²) in [6.45, 7) is 11.7. The lowest BCUT2D eigenvalue weighted by Crippen LogP contribution is -2.46. The molecule has 1 saturated carbocycles. The van der Waals surface area contributed by atoms with Crippen LogP contribution in [0.25, 0.3) is 27.1 Å². The van der Waals surface area contributed by atoms with E-state index < -0.39 is 5.41 Å². The lowest BCUT2D eigenvalue weighted by molar-refractivity contribution is -0.121. The van der Waals surface area contributed by atoms with E-state index in [0.29, 0.717) is 5.92 Å². The number of fused-ring (bicyclic) bond motifs is 4. The van der Waals surface area contributed by atoms with Crippen LogP contribution in [0.2, 0.25) is 0 Å². The summed E-state index contributed by atoms with van der Waals surface area (Å²) in [7, 11) is 0. The van der Waals surface area contributed by atoms with E-state index in [1.807, 2.05) is 43.5 Å². The Balaban J connectivity index is 1.63. The highest BCUT2D eigenvalue weighted by molar-refractivity contribution is 6.00. The van der Waals surface area contributed by atoms with Gasteiger partial charge >= 0.3 is 0 Å². The minimum absolute atomic E-state index is 0.0252. The highest BCUT2D eigenvalue weighted by atomic mass is 16.1. The first kappa shape index (κ1) is 19.3. The topological polar surface area (TPSA) is 60.1 Å². The molecule has 1 fully saturated rings. The summed E-state index contributed by atoms with van der Waals surface area (Å²) in [6, 6.07) is 10.1. The van der Waals surface area contributed by atoms with Crippen molar-refractivity contribution in [3.8, 4) is 11.4 Å². The molecule has 158 valence electrons. The highest BCUT2D eigenvalue weighted by Crippen LogP contribution is 2.52. The maximum Gasteiger partial charge on any atom is 0.226 e. The molecule has 2 aromatic heterocycles. The Labute approximate surface area is 187 Å². The van der Waals surface area contributed by atoms with Gasteiger partial charge in [-0.25, -0.2) is 14.8 Å². The monoisotopic (exact) mass is 420 g/mol. The molecule has 3 aliphatic carbocycles. The predicted octanol–water partition coefficient (Wildman–Crippen LogP) is 5.41. The van der Waals surface area contributed by atoms with Gasteiger partial charge < -0.3 is 4.79 Å². The van der Waals surface area contributed by atoms with Crippen molar-refractivity contribution in [2.24, 2.45) is 11.8 Å². The van der Waals surface area contributed by atoms with Crippen LogP contribution in [0.3, 0.4) is 0 Å². The molecule has 5 heteroatoms. The molecular weight excluding hydrogens is 396 g/mol. The molecule has 32 heavy (non-hydrogen) atoms. The van der Waals surface area contributed by atoms with Crippen LogP contribution < -0.4 is 0 Å². The van der Waals surface area contributed by atoms with Crippen LogP contribution in [0.1, 0.15) is 56.0 Å². The third-order valence-electron chi connectivity index (χ3n) is 7.71. The Bertz CT molecular complexity index is 1360. The molecule has 5 nitrogen and oxygen atoms in total. The third-order valence-corrected chi connectivity index (χ3v) is 7.71. The number of ketones is 1. The minimum Gasteiger partial charge on any atom is -0.308 e. The summed E-state index contributed by atoms with van der Waals surface area (Å²) in [5.41, 5.74) is 5.16. The standard InChI is InChI=1S/C27H24N4O/c1-15-20-11-10-19-23(16-8-9-16)30-26(18-12-13-29-21-7-5-4-6-17(18)21)31-25(19)27(20,2)14-22(28-3)24(15)32/h4-7,12-16,20H,8-11H2,1-2H3/t15-,20-,27-/m1/s1.